The van der Waals surface area contributed by atoms with Crippen LogP contribution < -0.4 is 10.5 Å². The van der Waals surface area contributed by atoms with E-state index in [2.05, 4.69) is 20.7 Å². The second-order valence-corrected chi connectivity index (χ2v) is 6.56. The molecule has 0 saturated carbocycles. The van der Waals surface area contributed by atoms with Crippen LogP contribution in [0.15, 0.2) is 27.6 Å². The van der Waals surface area contributed by atoms with Crippen molar-refractivity contribution in [2.45, 2.75) is 11.4 Å². The summed E-state index contributed by atoms with van der Waals surface area (Å²) < 4.78 is 37.2. The van der Waals surface area contributed by atoms with Gasteiger partial charge in [0.2, 0.25) is 10.0 Å². The molecule has 0 atom stereocenters. The first kappa shape index (κ1) is 17.5. The minimum atomic E-state index is -3.56. The largest absolute Gasteiger partial charge is 0.382 e. The number of hydrogen-bond donors (Lipinski definition) is 2. The van der Waals surface area contributed by atoms with E-state index < -0.39 is 10.0 Å². The number of sulfonamides is 1. The number of halogens is 1. The van der Waals surface area contributed by atoms with E-state index in [0.717, 1.165) is 5.56 Å². The predicted octanol–water partition coefficient (Wildman–Crippen LogP) is 0.849. The summed E-state index contributed by atoms with van der Waals surface area (Å²) in [4.78, 5) is 0.187. The molecule has 3 N–H and O–H groups in total. The van der Waals surface area contributed by atoms with Crippen molar-refractivity contribution in [2.75, 3.05) is 33.5 Å². The minimum Gasteiger partial charge on any atom is -0.382 e. The standard InChI is InChI=1S/C12H19BrN2O4S/c1-18-6-7-19-5-4-15-20(16,17)12-3-2-10(9-14)8-11(12)13/h2-3,8,15H,4-7,9,14H2,1H3. The zero-order chi connectivity index (χ0) is 15.0. The lowest BCUT2D eigenvalue weighted by Gasteiger charge is -2.10. The fraction of sp³-hybridized carbons (Fsp3) is 0.500. The number of nitrogens with one attached hydrogen (secondary N) is 1. The van der Waals surface area contributed by atoms with Crippen LogP contribution in [0.4, 0.5) is 0 Å². The van der Waals surface area contributed by atoms with Crippen molar-refractivity contribution < 1.29 is 17.9 Å². The van der Waals surface area contributed by atoms with Crippen LogP contribution in [0.1, 0.15) is 5.56 Å². The second kappa shape index (κ2) is 8.71. The monoisotopic (exact) mass is 366 g/mol. The van der Waals surface area contributed by atoms with Gasteiger partial charge in [0.05, 0.1) is 24.7 Å². The van der Waals surface area contributed by atoms with Crippen LogP contribution in [0.25, 0.3) is 0 Å². The van der Waals surface area contributed by atoms with Crippen molar-refractivity contribution in [3.63, 3.8) is 0 Å². The third-order valence-electron chi connectivity index (χ3n) is 2.49. The van der Waals surface area contributed by atoms with Gasteiger partial charge in [-0.05, 0) is 33.6 Å². The van der Waals surface area contributed by atoms with Gasteiger partial charge >= 0.3 is 0 Å². The van der Waals surface area contributed by atoms with E-state index in [-0.39, 0.29) is 11.4 Å². The number of methoxy groups -OCH3 is 1. The molecule has 0 aliphatic carbocycles. The topological polar surface area (TPSA) is 90.6 Å². The van der Waals surface area contributed by atoms with Crippen LogP contribution in [0.5, 0.6) is 0 Å². The highest BCUT2D eigenvalue weighted by atomic mass is 79.9. The maximum atomic E-state index is 12.1. The van der Waals surface area contributed by atoms with Gasteiger partial charge in [0, 0.05) is 24.7 Å². The van der Waals surface area contributed by atoms with Crippen LogP contribution in [0.2, 0.25) is 0 Å². The molecule has 0 amide bonds. The molecule has 0 aliphatic heterocycles. The number of ether oxygens (including phenoxy) is 2. The van der Waals surface area contributed by atoms with Crippen molar-refractivity contribution in [2.24, 2.45) is 5.73 Å². The molecule has 0 saturated heterocycles. The van der Waals surface area contributed by atoms with Crippen LogP contribution in [-0.4, -0.2) is 41.9 Å². The quantitative estimate of drug-likeness (QED) is 0.632. The van der Waals surface area contributed by atoms with E-state index in [1.807, 2.05) is 0 Å². The Bertz CT molecular complexity index is 522. The molecule has 0 heterocycles. The fourth-order valence-electron chi connectivity index (χ4n) is 1.46. The fourth-order valence-corrected chi connectivity index (χ4v) is 3.60. The molecule has 20 heavy (non-hydrogen) atoms. The normalized spacial score (nSPS) is 11.8. The summed E-state index contributed by atoms with van der Waals surface area (Å²) in [7, 11) is -1.98. The molecule has 0 radical (unpaired) electrons. The number of benzene rings is 1. The average Bonchev–Trinajstić information content (AvgIpc) is 2.42. The van der Waals surface area contributed by atoms with Gasteiger partial charge in [-0.3, -0.25) is 0 Å². The van der Waals surface area contributed by atoms with E-state index >= 15 is 0 Å². The van der Waals surface area contributed by atoms with Crippen LogP contribution in [-0.2, 0) is 26.0 Å². The highest BCUT2D eigenvalue weighted by Gasteiger charge is 2.17. The lowest BCUT2D eigenvalue weighted by atomic mass is 10.2. The Morgan fingerprint density at radius 1 is 1.30 bits per heavy atom. The molecule has 8 heteroatoms. The zero-order valence-corrected chi connectivity index (χ0v) is 13.7. The van der Waals surface area contributed by atoms with E-state index in [0.29, 0.717) is 30.8 Å². The molecule has 1 aromatic rings. The van der Waals surface area contributed by atoms with Crippen molar-refractivity contribution in [1.82, 2.24) is 4.72 Å². The summed E-state index contributed by atoms with van der Waals surface area (Å²) in [5.41, 5.74) is 6.36. The first-order valence-corrected chi connectivity index (χ1v) is 8.33. The molecule has 0 aromatic heterocycles. The van der Waals surface area contributed by atoms with Gasteiger partial charge in [0.1, 0.15) is 0 Å². The molecule has 0 fully saturated rings. The number of hydrogen-bond acceptors (Lipinski definition) is 5. The Morgan fingerprint density at radius 3 is 2.65 bits per heavy atom. The lowest BCUT2D eigenvalue weighted by Crippen LogP contribution is -2.28. The summed E-state index contributed by atoms with van der Waals surface area (Å²) in [6, 6.07) is 4.92. The van der Waals surface area contributed by atoms with Gasteiger partial charge < -0.3 is 15.2 Å². The van der Waals surface area contributed by atoms with Gasteiger partial charge in [0.25, 0.3) is 0 Å². The van der Waals surface area contributed by atoms with Gasteiger partial charge in [-0.15, -0.1) is 0 Å². The molecule has 1 aromatic carbocycles. The van der Waals surface area contributed by atoms with Crippen molar-refractivity contribution in [3.05, 3.63) is 28.2 Å². The van der Waals surface area contributed by atoms with Gasteiger partial charge in [-0.25, -0.2) is 13.1 Å². The zero-order valence-electron chi connectivity index (χ0n) is 11.3. The summed E-state index contributed by atoms with van der Waals surface area (Å²) in [6.07, 6.45) is 0. The smallest absolute Gasteiger partial charge is 0.241 e. The van der Waals surface area contributed by atoms with Crippen molar-refractivity contribution in [3.8, 4) is 0 Å². The van der Waals surface area contributed by atoms with Gasteiger partial charge in [-0.2, -0.15) is 0 Å². The summed E-state index contributed by atoms with van der Waals surface area (Å²) in [5, 5.41) is 0. The van der Waals surface area contributed by atoms with E-state index in [1.165, 1.54) is 6.07 Å². The Morgan fingerprint density at radius 2 is 2.05 bits per heavy atom. The Kier molecular flexibility index (Phi) is 7.63. The Labute approximate surface area is 127 Å². The highest BCUT2D eigenvalue weighted by molar-refractivity contribution is 9.10. The third kappa shape index (κ3) is 5.47. The molecule has 0 unspecified atom stereocenters. The predicted molar refractivity (Wildman–Crippen MR) is 79.9 cm³/mol. The maximum Gasteiger partial charge on any atom is 0.241 e. The Hall–Kier alpha value is -0.510. The molecule has 0 aliphatic rings. The van der Waals surface area contributed by atoms with Crippen LogP contribution >= 0.6 is 15.9 Å². The first-order chi connectivity index (χ1) is 9.51. The van der Waals surface area contributed by atoms with E-state index in [9.17, 15) is 8.42 Å². The SMILES string of the molecule is COCCOCCNS(=O)(=O)c1ccc(CN)cc1Br. The Balaban J connectivity index is 2.56. The third-order valence-corrected chi connectivity index (χ3v) is 4.93. The highest BCUT2D eigenvalue weighted by Crippen LogP contribution is 2.22. The molecule has 6 nitrogen and oxygen atoms in total. The maximum absolute atomic E-state index is 12.1. The summed E-state index contributed by atoms with van der Waals surface area (Å²) in [6.45, 7) is 1.78. The van der Waals surface area contributed by atoms with Gasteiger partial charge in [-0.1, -0.05) is 6.07 Å². The van der Waals surface area contributed by atoms with Crippen LogP contribution in [0.3, 0.4) is 0 Å². The van der Waals surface area contributed by atoms with E-state index in [1.54, 1.807) is 19.2 Å². The molecular formula is C12H19BrN2O4S. The summed E-state index contributed by atoms with van der Waals surface area (Å²) in [5.74, 6) is 0. The summed E-state index contributed by atoms with van der Waals surface area (Å²) >= 11 is 3.24. The van der Waals surface area contributed by atoms with Crippen molar-refractivity contribution in [1.29, 1.82) is 0 Å². The molecule has 0 spiro atoms. The second-order valence-electron chi connectivity index (χ2n) is 3.97. The van der Waals surface area contributed by atoms with Crippen molar-refractivity contribution >= 4 is 26.0 Å². The molecule has 0 bridgehead atoms. The molecular weight excluding hydrogens is 348 g/mol. The van der Waals surface area contributed by atoms with Gasteiger partial charge in [0.15, 0.2) is 0 Å². The lowest BCUT2D eigenvalue weighted by molar-refractivity contribution is 0.0736. The average molecular weight is 367 g/mol. The molecule has 114 valence electrons. The number of nitrogens with two attached hydrogens (primary N) is 1. The number of rotatable bonds is 9. The first-order valence-electron chi connectivity index (χ1n) is 6.06. The van der Waals surface area contributed by atoms with E-state index in [4.69, 9.17) is 15.2 Å². The molecule has 1 rings (SSSR count). The van der Waals surface area contributed by atoms with Crippen LogP contribution in [0, 0.1) is 0 Å². The minimum absolute atomic E-state index is 0.187.